The van der Waals surface area contributed by atoms with E-state index in [1.54, 1.807) is 0 Å². The zero-order chi connectivity index (χ0) is 15.1. The summed E-state index contributed by atoms with van der Waals surface area (Å²) in [4.78, 5) is 13.9. The van der Waals surface area contributed by atoms with Gasteiger partial charge in [0.25, 0.3) is 0 Å². The van der Waals surface area contributed by atoms with Crippen LogP contribution in [0.3, 0.4) is 0 Å². The van der Waals surface area contributed by atoms with Gasteiger partial charge in [0.15, 0.2) is 0 Å². The number of carbonyl (C=O) groups excluding carboxylic acids is 1. The standard InChI is InChI=1S/C16H26N2O2/c1-12(2)17-15(16(19)20-5)10-11-18(4)14-8-6-13(3)7-9-14/h6-9,12,15,17H,10-11H2,1-5H3. The predicted octanol–water partition coefficient (Wildman–Crippen LogP) is 2.36. The molecule has 4 heteroatoms. The first kappa shape index (κ1) is 16.5. The summed E-state index contributed by atoms with van der Waals surface area (Å²) in [5, 5.41) is 3.25. The zero-order valence-electron chi connectivity index (χ0n) is 13.1. The Morgan fingerprint density at radius 2 is 1.90 bits per heavy atom. The van der Waals surface area contributed by atoms with Crippen LogP contribution in [0.2, 0.25) is 0 Å². The minimum Gasteiger partial charge on any atom is -0.468 e. The number of carbonyl (C=O) groups is 1. The van der Waals surface area contributed by atoms with Gasteiger partial charge in [-0.25, -0.2) is 0 Å². The maximum atomic E-state index is 11.7. The Balaban J connectivity index is 2.57. The van der Waals surface area contributed by atoms with Gasteiger partial charge in [0.2, 0.25) is 0 Å². The lowest BCUT2D eigenvalue weighted by atomic mass is 10.1. The van der Waals surface area contributed by atoms with Gasteiger partial charge in [-0.2, -0.15) is 0 Å². The summed E-state index contributed by atoms with van der Waals surface area (Å²) in [6.07, 6.45) is 0.717. The first-order valence-electron chi connectivity index (χ1n) is 7.05. The van der Waals surface area contributed by atoms with Crippen LogP contribution in [0.4, 0.5) is 5.69 Å². The predicted molar refractivity (Wildman–Crippen MR) is 83.1 cm³/mol. The van der Waals surface area contributed by atoms with Crippen LogP contribution in [-0.4, -0.2) is 38.8 Å². The van der Waals surface area contributed by atoms with Crippen molar-refractivity contribution in [2.24, 2.45) is 0 Å². The Bertz CT molecular complexity index is 415. The van der Waals surface area contributed by atoms with E-state index in [0.717, 1.165) is 18.7 Å². The molecule has 0 aromatic heterocycles. The van der Waals surface area contributed by atoms with Crippen molar-refractivity contribution in [2.45, 2.75) is 39.3 Å². The van der Waals surface area contributed by atoms with E-state index in [2.05, 4.69) is 41.4 Å². The lowest BCUT2D eigenvalue weighted by molar-refractivity contribution is -0.143. The maximum Gasteiger partial charge on any atom is 0.322 e. The number of esters is 1. The Kier molecular flexibility index (Phi) is 6.52. The lowest BCUT2D eigenvalue weighted by Crippen LogP contribution is -2.43. The Labute approximate surface area is 122 Å². The highest BCUT2D eigenvalue weighted by atomic mass is 16.5. The molecule has 0 amide bonds. The van der Waals surface area contributed by atoms with Gasteiger partial charge < -0.3 is 15.0 Å². The lowest BCUT2D eigenvalue weighted by Gasteiger charge is -2.24. The van der Waals surface area contributed by atoms with Crippen molar-refractivity contribution in [2.75, 3.05) is 25.6 Å². The molecule has 0 saturated heterocycles. The van der Waals surface area contributed by atoms with Crippen molar-refractivity contribution in [3.8, 4) is 0 Å². The van der Waals surface area contributed by atoms with Crippen LogP contribution in [0.15, 0.2) is 24.3 Å². The molecular weight excluding hydrogens is 252 g/mol. The number of methoxy groups -OCH3 is 1. The molecule has 0 radical (unpaired) electrons. The van der Waals surface area contributed by atoms with Crippen LogP contribution in [0, 0.1) is 6.92 Å². The average molecular weight is 278 g/mol. The van der Waals surface area contributed by atoms with E-state index in [1.165, 1.54) is 12.7 Å². The molecule has 0 aliphatic rings. The minimum atomic E-state index is -0.257. The number of hydrogen-bond donors (Lipinski definition) is 1. The minimum absolute atomic E-state index is 0.198. The summed E-state index contributed by atoms with van der Waals surface area (Å²) in [6, 6.07) is 8.37. The molecule has 0 heterocycles. The molecule has 1 aromatic rings. The van der Waals surface area contributed by atoms with Gasteiger partial charge in [0, 0.05) is 25.3 Å². The van der Waals surface area contributed by atoms with Crippen LogP contribution < -0.4 is 10.2 Å². The van der Waals surface area contributed by atoms with Crippen molar-refractivity contribution < 1.29 is 9.53 Å². The molecule has 0 spiro atoms. The van der Waals surface area contributed by atoms with Crippen LogP contribution in [0.25, 0.3) is 0 Å². The number of aryl methyl sites for hydroxylation is 1. The Morgan fingerprint density at radius 3 is 2.40 bits per heavy atom. The van der Waals surface area contributed by atoms with Crippen LogP contribution in [0.1, 0.15) is 25.8 Å². The van der Waals surface area contributed by atoms with E-state index in [9.17, 15) is 4.79 Å². The second kappa shape index (κ2) is 7.90. The monoisotopic (exact) mass is 278 g/mol. The summed E-state index contributed by atoms with van der Waals surface area (Å²) in [5.74, 6) is -0.198. The fraction of sp³-hybridized carbons (Fsp3) is 0.562. The summed E-state index contributed by atoms with van der Waals surface area (Å²) < 4.78 is 4.85. The molecule has 1 aromatic carbocycles. The van der Waals surface area contributed by atoms with Gasteiger partial charge in [0.1, 0.15) is 6.04 Å². The first-order chi connectivity index (χ1) is 9.43. The fourth-order valence-corrected chi connectivity index (χ4v) is 2.06. The van der Waals surface area contributed by atoms with E-state index in [-0.39, 0.29) is 18.1 Å². The largest absolute Gasteiger partial charge is 0.468 e. The van der Waals surface area contributed by atoms with E-state index in [1.807, 2.05) is 20.9 Å². The SMILES string of the molecule is COC(=O)C(CCN(C)c1ccc(C)cc1)NC(C)C. The van der Waals surface area contributed by atoms with Crippen molar-refractivity contribution in [1.82, 2.24) is 5.32 Å². The number of ether oxygens (including phenoxy) is 1. The zero-order valence-corrected chi connectivity index (χ0v) is 13.1. The molecule has 1 unspecified atom stereocenters. The molecule has 0 fully saturated rings. The summed E-state index contributed by atoms with van der Waals surface area (Å²) in [7, 11) is 3.47. The quantitative estimate of drug-likeness (QED) is 0.777. The molecule has 20 heavy (non-hydrogen) atoms. The van der Waals surface area contributed by atoms with Crippen LogP contribution in [-0.2, 0) is 9.53 Å². The first-order valence-corrected chi connectivity index (χ1v) is 7.05. The molecule has 0 aliphatic heterocycles. The van der Waals surface area contributed by atoms with Gasteiger partial charge in [0.05, 0.1) is 7.11 Å². The van der Waals surface area contributed by atoms with Crippen molar-refractivity contribution >= 4 is 11.7 Å². The average Bonchev–Trinajstić information content (AvgIpc) is 2.42. The second-order valence-electron chi connectivity index (χ2n) is 5.44. The Hall–Kier alpha value is -1.55. The number of benzene rings is 1. The highest BCUT2D eigenvalue weighted by molar-refractivity contribution is 5.75. The second-order valence-corrected chi connectivity index (χ2v) is 5.44. The topological polar surface area (TPSA) is 41.6 Å². The maximum absolute atomic E-state index is 11.7. The van der Waals surface area contributed by atoms with E-state index in [4.69, 9.17) is 4.74 Å². The molecule has 1 rings (SSSR count). The van der Waals surface area contributed by atoms with Gasteiger partial charge in [-0.05, 0) is 25.5 Å². The van der Waals surface area contributed by atoms with Crippen LogP contribution >= 0.6 is 0 Å². The van der Waals surface area contributed by atoms with Crippen molar-refractivity contribution in [3.05, 3.63) is 29.8 Å². The summed E-state index contributed by atoms with van der Waals surface area (Å²) in [6.45, 7) is 6.92. The van der Waals surface area contributed by atoms with Crippen molar-refractivity contribution in [3.63, 3.8) is 0 Å². The fourth-order valence-electron chi connectivity index (χ4n) is 2.06. The third-order valence-electron chi connectivity index (χ3n) is 3.25. The molecule has 4 nitrogen and oxygen atoms in total. The molecule has 1 N–H and O–H groups in total. The van der Waals surface area contributed by atoms with Crippen LogP contribution in [0.5, 0.6) is 0 Å². The third-order valence-corrected chi connectivity index (χ3v) is 3.25. The van der Waals surface area contributed by atoms with Gasteiger partial charge >= 0.3 is 5.97 Å². The van der Waals surface area contributed by atoms with Gasteiger partial charge in [-0.1, -0.05) is 31.5 Å². The number of rotatable bonds is 7. The normalized spacial score (nSPS) is 12.3. The molecular formula is C16H26N2O2. The van der Waals surface area contributed by atoms with Crippen molar-refractivity contribution in [1.29, 1.82) is 0 Å². The molecule has 0 bridgehead atoms. The van der Waals surface area contributed by atoms with Gasteiger partial charge in [-0.15, -0.1) is 0 Å². The highest BCUT2D eigenvalue weighted by Crippen LogP contribution is 2.14. The van der Waals surface area contributed by atoms with E-state index >= 15 is 0 Å². The Morgan fingerprint density at radius 1 is 1.30 bits per heavy atom. The summed E-state index contributed by atoms with van der Waals surface area (Å²) >= 11 is 0. The highest BCUT2D eigenvalue weighted by Gasteiger charge is 2.20. The number of nitrogens with one attached hydrogen (secondary N) is 1. The van der Waals surface area contributed by atoms with E-state index < -0.39 is 0 Å². The molecule has 1 atom stereocenters. The number of nitrogens with zero attached hydrogens (tertiary/aromatic N) is 1. The molecule has 112 valence electrons. The molecule has 0 saturated carbocycles. The van der Waals surface area contributed by atoms with E-state index in [0.29, 0.717) is 0 Å². The van der Waals surface area contributed by atoms with Gasteiger partial charge in [-0.3, -0.25) is 4.79 Å². The summed E-state index contributed by atoms with van der Waals surface area (Å²) in [5.41, 5.74) is 2.40. The molecule has 0 aliphatic carbocycles. The third kappa shape index (κ3) is 5.21. The number of anilines is 1. The smallest absolute Gasteiger partial charge is 0.322 e. The number of hydrogen-bond acceptors (Lipinski definition) is 4.